The Hall–Kier alpha value is -0.450. The molecule has 4 heteroatoms. The fourth-order valence-corrected chi connectivity index (χ4v) is 0.801. The molecule has 0 spiro atoms. The van der Waals surface area contributed by atoms with Crippen LogP contribution in [0.2, 0.25) is 0 Å². The number of Topliss-reactive ketones (excluding diaryl/α,β-unsaturated/α-hetero) is 1. The maximum atomic E-state index is 10.5. The van der Waals surface area contributed by atoms with E-state index in [1.807, 2.05) is 0 Å². The van der Waals surface area contributed by atoms with Crippen LogP contribution < -0.4 is 0 Å². The van der Waals surface area contributed by atoms with Crippen LogP contribution in [-0.2, 0) is 19.0 Å². The van der Waals surface area contributed by atoms with E-state index < -0.39 is 0 Å². The van der Waals surface area contributed by atoms with E-state index in [1.54, 1.807) is 21.1 Å². The topological polar surface area (TPSA) is 44.8 Å². The molecule has 13 heavy (non-hydrogen) atoms. The Morgan fingerprint density at radius 1 is 1.31 bits per heavy atom. The summed E-state index contributed by atoms with van der Waals surface area (Å²) in [6.07, 6.45) is 0.417. The van der Waals surface area contributed by atoms with Crippen LogP contribution >= 0.6 is 0 Å². The fourth-order valence-electron chi connectivity index (χ4n) is 0.801. The predicted molar refractivity (Wildman–Crippen MR) is 48.8 cm³/mol. The number of hydrogen-bond acceptors (Lipinski definition) is 4. The van der Waals surface area contributed by atoms with Gasteiger partial charge < -0.3 is 14.2 Å². The standard InChI is InChI=1S/C9H18O4/c1-8(10)4-5-13-7-9(12-3)6-11-2/h9H,4-7H2,1-3H3. The Labute approximate surface area is 79.2 Å². The first-order valence-electron chi connectivity index (χ1n) is 4.29. The molecule has 0 fully saturated rings. The average molecular weight is 190 g/mol. The van der Waals surface area contributed by atoms with Gasteiger partial charge in [-0.2, -0.15) is 0 Å². The van der Waals surface area contributed by atoms with Crippen LogP contribution in [-0.4, -0.2) is 45.9 Å². The summed E-state index contributed by atoms with van der Waals surface area (Å²) in [5.74, 6) is 0.140. The molecule has 0 N–H and O–H groups in total. The molecule has 0 rings (SSSR count). The van der Waals surface area contributed by atoms with Crippen molar-refractivity contribution in [1.82, 2.24) is 0 Å². The molecule has 0 aliphatic heterocycles. The summed E-state index contributed by atoms with van der Waals surface area (Å²) in [6, 6.07) is 0. The third-order valence-electron chi connectivity index (χ3n) is 1.59. The summed E-state index contributed by atoms with van der Waals surface area (Å²) in [5, 5.41) is 0. The summed E-state index contributed by atoms with van der Waals surface area (Å²) in [7, 11) is 3.22. The number of ether oxygens (including phenoxy) is 3. The zero-order valence-electron chi connectivity index (χ0n) is 8.54. The zero-order valence-corrected chi connectivity index (χ0v) is 8.54. The van der Waals surface area contributed by atoms with Crippen molar-refractivity contribution in [3.8, 4) is 0 Å². The van der Waals surface area contributed by atoms with E-state index in [-0.39, 0.29) is 11.9 Å². The molecule has 1 atom stereocenters. The van der Waals surface area contributed by atoms with Gasteiger partial charge in [0.1, 0.15) is 11.9 Å². The maximum Gasteiger partial charge on any atom is 0.132 e. The lowest BCUT2D eigenvalue weighted by Gasteiger charge is -2.13. The number of ketones is 1. The van der Waals surface area contributed by atoms with Gasteiger partial charge in [0.2, 0.25) is 0 Å². The Morgan fingerprint density at radius 3 is 2.46 bits per heavy atom. The van der Waals surface area contributed by atoms with Gasteiger partial charge in [0.25, 0.3) is 0 Å². The first-order chi connectivity index (χ1) is 6.20. The van der Waals surface area contributed by atoms with Gasteiger partial charge in [-0.3, -0.25) is 4.79 Å². The second-order valence-corrected chi connectivity index (χ2v) is 2.84. The monoisotopic (exact) mass is 190 g/mol. The number of hydrogen-bond donors (Lipinski definition) is 0. The summed E-state index contributed by atoms with van der Waals surface area (Å²) < 4.78 is 15.2. The molecule has 0 aromatic rings. The van der Waals surface area contributed by atoms with Crippen LogP contribution in [0, 0.1) is 0 Å². The van der Waals surface area contributed by atoms with Gasteiger partial charge in [0.15, 0.2) is 0 Å². The molecule has 78 valence electrons. The van der Waals surface area contributed by atoms with Gasteiger partial charge in [-0.15, -0.1) is 0 Å². The SMILES string of the molecule is COCC(COCCC(C)=O)OC. The Bertz CT molecular complexity index is 136. The van der Waals surface area contributed by atoms with Crippen molar-refractivity contribution in [2.75, 3.05) is 34.0 Å². The third kappa shape index (κ3) is 7.90. The highest BCUT2D eigenvalue weighted by Crippen LogP contribution is 1.93. The summed E-state index contributed by atoms with van der Waals surface area (Å²) in [6.45, 7) is 2.99. The average Bonchev–Trinajstić information content (AvgIpc) is 2.10. The van der Waals surface area contributed by atoms with Crippen LogP contribution in [0.3, 0.4) is 0 Å². The summed E-state index contributed by atoms with van der Waals surface area (Å²) in [5.41, 5.74) is 0. The first-order valence-corrected chi connectivity index (χ1v) is 4.29. The lowest BCUT2D eigenvalue weighted by Crippen LogP contribution is -2.24. The Kier molecular flexibility index (Phi) is 7.88. The molecular weight excluding hydrogens is 172 g/mol. The van der Waals surface area contributed by atoms with Crippen LogP contribution in [0.15, 0.2) is 0 Å². The van der Waals surface area contributed by atoms with Gasteiger partial charge >= 0.3 is 0 Å². The molecule has 0 radical (unpaired) electrons. The molecular formula is C9H18O4. The van der Waals surface area contributed by atoms with Crippen LogP contribution in [0.1, 0.15) is 13.3 Å². The lowest BCUT2D eigenvalue weighted by atomic mass is 10.3. The van der Waals surface area contributed by atoms with E-state index in [0.29, 0.717) is 26.2 Å². The van der Waals surface area contributed by atoms with E-state index in [4.69, 9.17) is 14.2 Å². The van der Waals surface area contributed by atoms with E-state index in [2.05, 4.69) is 0 Å². The molecule has 1 unspecified atom stereocenters. The van der Waals surface area contributed by atoms with Crippen molar-refractivity contribution >= 4 is 5.78 Å². The molecule has 0 bridgehead atoms. The molecule has 0 aromatic heterocycles. The first kappa shape index (κ1) is 12.6. The minimum atomic E-state index is -0.0445. The number of carbonyl (C=O) groups excluding carboxylic acids is 1. The lowest BCUT2D eigenvalue weighted by molar-refractivity contribution is -0.118. The van der Waals surface area contributed by atoms with Gasteiger partial charge in [-0.05, 0) is 6.92 Å². The largest absolute Gasteiger partial charge is 0.382 e. The van der Waals surface area contributed by atoms with Crippen molar-refractivity contribution in [2.24, 2.45) is 0 Å². The van der Waals surface area contributed by atoms with Crippen LogP contribution in [0.5, 0.6) is 0 Å². The second-order valence-electron chi connectivity index (χ2n) is 2.84. The highest BCUT2D eigenvalue weighted by molar-refractivity contribution is 5.75. The summed E-state index contributed by atoms with van der Waals surface area (Å²) in [4.78, 5) is 10.5. The summed E-state index contributed by atoms with van der Waals surface area (Å²) >= 11 is 0. The highest BCUT2D eigenvalue weighted by Gasteiger charge is 2.06. The molecule has 0 saturated heterocycles. The normalized spacial score (nSPS) is 12.8. The van der Waals surface area contributed by atoms with Gasteiger partial charge in [-0.25, -0.2) is 0 Å². The number of rotatable bonds is 8. The number of methoxy groups -OCH3 is 2. The van der Waals surface area contributed by atoms with E-state index in [9.17, 15) is 4.79 Å². The second kappa shape index (κ2) is 8.16. The third-order valence-corrected chi connectivity index (χ3v) is 1.59. The van der Waals surface area contributed by atoms with Gasteiger partial charge in [-0.1, -0.05) is 0 Å². The van der Waals surface area contributed by atoms with Crippen LogP contribution in [0.25, 0.3) is 0 Å². The zero-order chi connectivity index (χ0) is 10.1. The van der Waals surface area contributed by atoms with Crippen molar-refractivity contribution in [3.63, 3.8) is 0 Å². The molecule has 0 amide bonds. The van der Waals surface area contributed by atoms with Crippen molar-refractivity contribution in [2.45, 2.75) is 19.4 Å². The quantitative estimate of drug-likeness (QED) is 0.527. The highest BCUT2D eigenvalue weighted by atomic mass is 16.5. The fraction of sp³-hybridized carbons (Fsp3) is 0.889. The molecule has 0 heterocycles. The predicted octanol–water partition coefficient (Wildman–Crippen LogP) is 0.643. The van der Waals surface area contributed by atoms with E-state index >= 15 is 0 Å². The molecule has 0 aliphatic rings. The van der Waals surface area contributed by atoms with Crippen molar-refractivity contribution < 1.29 is 19.0 Å². The molecule has 0 aromatic carbocycles. The number of carbonyl (C=O) groups is 1. The minimum Gasteiger partial charge on any atom is -0.382 e. The van der Waals surface area contributed by atoms with Gasteiger partial charge in [0, 0.05) is 20.6 Å². The van der Waals surface area contributed by atoms with Gasteiger partial charge in [0.05, 0.1) is 19.8 Å². The Morgan fingerprint density at radius 2 is 2.00 bits per heavy atom. The molecule has 0 aliphatic carbocycles. The Balaban J connectivity index is 3.32. The minimum absolute atomic E-state index is 0.0445. The maximum absolute atomic E-state index is 10.5. The molecule has 4 nitrogen and oxygen atoms in total. The van der Waals surface area contributed by atoms with Crippen molar-refractivity contribution in [3.05, 3.63) is 0 Å². The molecule has 0 saturated carbocycles. The van der Waals surface area contributed by atoms with Crippen LogP contribution in [0.4, 0.5) is 0 Å². The smallest absolute Gasteiger partial charge is 0.132 e. The van der Waals surface area contributed by atoms with E-state index in [0.717, 1.165) is 0 Å². The van der Waals surface area contributed by atoms with Crippen molar-refractivity contribution in [1.29, 1.82) is 0 Å². The van der Waals surface area contributed by atoms with E-state index in [1.165, 1.54) is 0 Å².